The summed E-state index contributed by atoms with van der Waals surface area (Å²) in [7, 11) is 0. The molecule has 1 aliphatic heterocycles. The number of benzene rings is 1. The number of hydrogen-bond donors (Lipinski definition) is 1. The van der Waals surface area contributed by atoms with Crippen LogP contribution in [0, 0.1) is 6.92 Å². The lowest BCUT2D eigenvalue weighted by Crippen LogP contribution is -2.41. The van der Waals surface area contributed by atoms with Crippen molar-refractivity contribution in [3.63, 3.8) is 0 Å². The molecule has 8 heteroatoms. The van der Waals surface area contributed by atoms with Gasteiger partial charge < -0.3 is 14.5 Å². The minimum absolute atomic E-state index is 0.0509. The monoisotopic (exact) mass is 339 g/mol. The summed E-state index contributed by atoms with van der Waals surface area (Å²) in [5.41, 5.74) is 2.92. The van der Waals surface area contributed by atoms with Gasteiger partial charge in [0.2, 0.25) is 5.82 Å². The number of rotatable bonds is 3. The number of carboxylic acid groups (broad SMARTS) is 1. The summed E-state index contributed by atoms with van der Waals surface area (Å²) < 4.78 is 7.17. The standard InChI is InChI=1S/C17H17N5O3/c1-10-3-5-12(6-4-10)15-18-17(25-20-15)21-9-13-7-14(16(23)24)19-22(13)8-11(21)2/h3-7,11H,8-9H2,1-2H3,(H,23,24). The average molecular weight is 339 g/mol. The van der Waals surface area contributed by atoms with Crippen molar-refractivity contribution >= 4 is 12.0 Å². The molecule has 128 valence electrons. The Hall–Kier alpha value is -3.16. The summed E-state index contributed by atoms with van der Waals surface area (Å²) in [5.74, 6) is -0.493. The van der Waals surface area contributed by atoms with Crippen LogP contribution in [0.4, 0.5) is 6.01 Å². The number of carboxylic acids is 1. The molecular formula is C17H17N5O3. The van der Waals surface area contributed by atoms with Crippen molar-refractivity contribution in [3.05, 3.63) is 47.3 Å². The number of aryl methyl sites for hydroxylation is 1. The third-order valence-corrected chi connectivity index (χ3v) is 4.35. The molecule has 0 amide bonds. The van der Waals surface area contributed by atoms with Crippen molar-refractivity contribution in [2.24, 2.45) is 0 Å². The van der Waals surface area contributed by atoms with Crippen LogP contribution in [-0.4, -0.2) is 37.0 Å². The van der Waals surface area contributed by atoms with Crippen LogP contribution in [0.25, 0.3) is 11.4 Å². The number of carbonyl (C=O) groups is 1. The summed E-state index contributed by atoms with van der Waals surface area (Å²) in [6.07, 6.45) is 0. The van der Waals surface area contributed by atoms with Crippen LogP contribution in [0.5, 0.6) is 0 Å². The van der Waals surface area contributed by atoms with Crippen molar-refractivity contribution in [1.82, 2.24) is 19.9 Å². The van der Waals surface area contributed by atoms with Gasteiger partial charge in [0.1, 0.15) is 0 Å². The second kappa shape index (κ2) is 5.73. The zero-order valence-electron chi connectivity index (χ0n) is 13.9. The van der Waals surface area contributed by atoms with Gasteiger partial charge in [0, 0.05) is 5.56 Å². The molecule has 1 aliphatic rings. The van der Waals surface area contributed by atoms with E-state index in [2.05, 4.69) is 15.2 Å². The fraction of sp³-hybridized carbons (Fsp3) is 0.294. The van der Waals surface area contributed by atoms with Crippen LogP contribution in [0.2, 0.25) is 0 Å². The predicted molar refractivity (Wildman–Crippen MR) is 89.3 cm³/mol. The van der Waals surface area contributed by atoms with E-state index in [0.717, 1.165) is 11.3 Å². The van der Waals surface area contributed by atoms with Gasteiger partial charge in [0.15, 0.2) is 5.69 Å². The molecule has 0 radical (unpaired) electrons. The highest BCUT2D eigenvalue weighted by molar-refractivity contribution is 5.85. The van der Waals surface area contributed by atoms with E-state index in [-0.39, 0.29) is 11.7 Å². The Balaban J connectivity index is 1.61. The molecule has 1 unspecified atom stereocenters. The molecule has 2 aromatic heterocycles. The topological polar surface area (TPSA) is 97.3 Å². The molecule has 3 aromatic rings. The Kier molecular flexibility index (Phi) is 3.52. The van der Waals surface area contributed by atoms with Crippen LogP contribution >= 0.6 is 0 Å². The summed E-state index contributed by atoms with van der Waals surface area (Å²) in [5, 5.41) is 17.3. The van der Waals surface area contributed by atoms with E-state index in [1.54, 1.807) is 10.7 Å². The smallest absolute Gasteiger partial charge is 0.356 e. The van der Waals surface area contributed by atoms with Crippen molar-refractivity contribution in [2.45, 2.75) is 33.0 Å². The summed E-state index contributed by atoms with van der Waals surface area (Å²) in [6.45, 7) is 5.07. The second-order valence-corrected chi connectivity index (χ2v) is 6.25. The molecule has 1 atom stereocenters. The van der Waals surface area contributed by atoms with Gasteiger partial charge in [-0.15, -0.1) is 0 Å². The first-order chi connectivity index (χ1) is 12.0. The lowest BCUT2D eigenvalue weighted by Gasteiger charge is -2.32. The van der Waals surface area contributed by atoms with Crippen molar-refractivity contribution in [1.29, 1.82) is 0 Å². The number of anilines is 1. The van der Waals surface area contributed by atoms with Crippen molar-refractivity contribution in [3.8, 4) is 11.4 Å². The van der Waals surface area contributed by atoms with Gasteiger partial charge >= 0.3 is 12.0 Å². The molecule has 0 saturated heterocycles. The van der Waals surface area contributed by atoms with Crippen LogP contribution in [0.15, 0.2) is 34.9 Å². The number of nitrogens with zero attached hydrogens (tertiary/aromatic N) is 5. The first-order valence-corrected chi connectivity index (χ1v) is 7.98. The maximum absolute atomic E-state index is 11.1. The van der Waals surface area contributed by atoms with E-state index in [0.29, 0.717) is 24.9 Å². The van der Waals surface area contributed by atoms with E-state index in [1.165, 1.54) is 5.56 Å². The minimum Gasteiger partial charge on any atom is -0.476 e. The maximum atomic E-state index is 11.1. The van der Waals surface area contributed by atoms with Crippen LogP contribution in [-0.2, 0) is 13.1 Å². The Morgan fingerprint density at radius 1 is 1.32 bits per heavy atom. The number of aromatic carboxylic acids is 1. The van der Waals surface area contributed by atoms with E-state index < -0.39 is 5.97 Å². The van der Waals surface area contributed by atoms with Gasteiger partial charge in [-0.25, -0.2) is 4.79 Å². The molecule has 1 N–H and O–H groups in total. The Morgan fingerprint density at radius 3 is 2.80 bits per heavy atom. The third-order valence-electron chi connectivity index (χ3n) is 4.35. The normalized spacial score (nSPS) is 16.7. The fourth-order valence-electron chi connectivity index (χ4n) is 2.93. The Labute approximate surface area is 143 Å². The van der Waals surface area contributed by atoms with Crippen LogP contribution < -0.4 is 4.90 Å². The predicted octanol–water partition coefficient (Wildman–Crippen LogP) is 2.35. The average Bonchev–Trinajstić information content (AvgIpc) is 3.21. The van der Waals surface area contributed by atoms with Crippen LogP contribution in [0.3, 0.4) is 0 Å². The molecule has 25 heavy (non-hydrogen) atoms. The van der Waals surface area contributed by atoms with Gasteiger partial charge in [-0.2, -0.15) is 10.1 Å². The number of hydrogen-bond acceptors (Lipinski definition) is 6. The van der Waals surface area contributed by atoms with E-state index in [4.69, 9.17) is 9.63 Å². The molecular weight excluding hydrogens is 322 g/mol. The van der Waals surface area contributed by atoms with Crippen LogP contribution in [0.1, 0.15) is 28.7 Å². The highest BCUT2D eigenvalue weighted by Crippen LogP contribution is 2.26. The van der Waals surface area contributed by atoms with Gasteiger partial charge in [-0.1, -0.05) is 35.0 Å². The zero-order chi connectivity index (χ0) is 17.6. The first-order valence-electron chi connectivity index (χ1n) is 7.98. The second-order valence-electron chi connectivity index (χ2n) is 6.25. The third kappa shape index (κ3) is 2.75. The van der Waals surface area contributed by atoms with E-state index in [9.17, 15) is 4.79 Å². The van der Waals surface area contributed by atoms with E-state index in [1.807, 2.05) is 43.0 Å². The van der Waals surface area contributed by atoms with Crippen molar-refractivity contribution in [2.75, 3.05) is 4.90 Å². The molecule has 0 aliphatic carbocycles. The summed E-state index contributed by atoms with van der Waals surface area (Å²) in [6, 6.07) is 9.98. The van der Waals surface area contributed by atoms with Gasteiger partial charge in [-0.05, 0) is 19.9 Å². The Morgan fingerprint density at radius 2 is 2.08 bits per heavy atom. The number of fused-ring (bicyclic) bond motifs is 1. The molecule has 0 fully saturated rings. The lowest BCUT2D eigenvalue weighted by atomic mass is 10.1. The van der Waals surface area contributed by atoms with Gasteiger partial charge in [-0.3, -0.25) is 4.68 Å². The van der Waals surface area contributed by atoms with Gasteiger partial charge in [0.25, 0.3) is 0 Å². The Bertz CT molecular complexity index is 928. The lowest BCUT2D eigenvalue weighted by molar-refractivity contribution is 0.0689. The number of aromatic nitrogens is 4. The van der Waals surface area contributed by atoms with Crippen molar-refractivity contribution < 1.29 is 14.4 Å². The molecule has 8 nitrogen and oxygen atoms in total. The maximum Gasteiger partial charge on any atom is 0.356 e. The fourth-order valence-corrected chi connectivity index (χ4v) is 2.93. The highest BCUT2D eigenvalue weighted by atomic mass is 16.5. The first kappa shape index (κ1) is 15.4. The summed E-state index contributed by atoms with van der Waals surface area (Å²) >= 11 is 0. The quantitative estimate of drug-likeness (QED) is 0.782. The molecule has 0 spiro atoms. The molecule has 0 saturated carbocycles. The zero-order valence-corrected chi connectivity index (χ0v) is 13.9. The molecule has 4 rings (SSSR count). The van der Waals surface area contributed by atoms with E-state index >= 15 is 0 Å². The summed E-state index contributed by atoms with van der Waals surface area (Å²) in [4.78, 5) is 17.6. The molecule has 3 heterocycles. The minimum atomic E-state index is -1.03. The van der Waals surface area contributed by atoms with Gasteiger partial charge in [0.05, 0.1) is 24.8 Å². The molecule has 0 bridgehead atoms. The SMILES string of the molecule is Cc1ccc(-c2noc(N3Cc4cc(C(=O)O)nn4CC3C)n2)cc1. The highest BCUT2D eigenvalue weighted by Gasteiger charge is 2.29. The molecule has 1 aromatic carbocycles. The largest absolute Gasteiger partial charge is 0.476 e.